The molecule has 84 valence electrons. The SMILES string of the molecule is CC(C)N1CC(c2ccc(C#N)c(F)c2)C1. The predicted octanol–water partition coefficient (Wildman–Crippen LogP) is 2.50. The summed E-state index contributed by atoms with van der Waals surface area (Å²) in [5, 5.41) is 8.64. The predicted molar refractivity (Wildman–Crippen MR) is 60.6 cm³/mol. The van der Waals surface area contributed by atoms with Crippen LogP contribution >= 0.6 is 0 Å². The molecule has 1 heterocycles. The van der Waals surface area contributed by atoms with Crippen LogP contribution in [0.25, 0.3) is 0 Å². The Morgan fingerprint density at radius 2 is 2.12 bits per heavy atom. The maximum absolute atomic E-state index is 13.4. The van der Waals surface area contributed by atoms with Crippen LogP contribution in [0.3, 0.4) is 0 Å². The van der Waals surface area contributed by atoms with Crippen molar-refractivity contribution in [2.75, 3.05) is 13.1 Å². The fourth-order valence-electron chi connectivity index (χ4n) is 2.02. The maximum Gasteiger partial charge on any atom is 0.141 e. The van der Waals surface area contributed by atoms with E-state index in [1.807, 2.05) is 12.1 Å². The van der Waals surface area contributed by atoms with Crippen LogP contribution in [0.4, 0.5) is 4.39 Å². The summed E-state index contributed by atoms with van der Waals surface area (Å²) in [6.45, 7) is 6.30. The van der Waals surface area contributed by atoms with Gasteiger partial charge in [-0.25, -0.2) is 4.39 Å². The van der Waals surface area contributed by atoms with Crippen LogP contribution in [-0.2, 0) is 0 Å². The quantitative estimate of drug-likeness (QED) is 0.762. The van der Waals surface area contributed by atoms with Gasteiger partial charge in [-0.3, -0.25) is 4.90 Å². The van der Waals surface area contributed by atoms with E-state index >= 15 is 0 Å². The number of nitrogens with zero attached hydrogens (tertiary/aromatic N) is 2. The zero-order valence-corrected chi connectivity index (χ0v) is 9.57. The molecular formula is C13H15FN2. The van der Waals surface area contributed by atoms with Gasteiger partial charge in [-0.05, 0) is 31.5 Å². The molecule has 2 rings (SSSR count). The van der Waals surface area contributed by atoms with Gasteiger partial charge in [0, 0.05) is 25.0 Å². The second-order valence-electron chi connectivity index (χ2n) is 4.60. The molecule has 0 amide bonds. The molecule has 1 aliphatic rings. The lowest BCUT2D eigenvalue weighted by Gasteiger charge is -2.42. The number of likely N-dealkylation sites (tertiary alicyclic amines) is 1. The topological polar surface area (TPSA) is 27.0 Å². The van der Waals surface area contributed by atoms with Crippen LogP contribution in [0.2, 0.25) is 0 Å². The molecule has 1 aromatic carbocycles. The molecule has 16 heavy (non-hydrogen) atoms. The van der Waals surface area contributed by atoms with Crippen molar-refractivity contribution in [2.24, 2.45) is 0 Å². The first-order chi connectivity index (χ1) is 7.61. The summed E-state index contributed by atoms with van der Waals surface area (Å²) in [5.41, 5.74) is 1.14. The van der Waals surface area contributed by atoms with Gasteiger partial charge in [0.25, 0.3) is 0 Å². The van der Waals surface area contributed by atoms with Crippen LogP contribution in [0.15, 0.2) is 18.2 Å². The summed E-state index contributed by atoms with van der Waals surface area (Å²) < 4.78 is 13.4. The number of hydrogen-bond acceptors (Lipinski definition) is 2. The second-order valence-corrected chi connectivity index (χ2v) is 4.60. The molecule has 0 N–H and O–H groups in total. The fraction of sp³-hybridized carbons (Fsp3) is 0.462. The Morgan fingerprint density at radius 1 is 1.44 bits per heavy atom. The molecule has 0 aromatic heterocycles. The zero-order chi connectivity index (χ0) is 11.7. The van der Waals surface area contributed by atoms with E-state index in [4.69, 9.17) is 5.26 Å². The Labute approximate surface area is 95.3 Å². The van der Waals surface area contributed by atoms with Gasteiger partial charge in [0.15, 0.2) is 0 Å². The highest BCUT2D eigenvalue weighted by Gasteiger charge is 2.29. The molecular weight excluding hydrogens is 203 g/mol. The second kappa shape index (κ2) is 4.23. The van der Waals surface area contributed by atoms with Crippen molar-refractivity contribution in [3.05, 3.63) is 35.1 Å². The van der Waals surface area contributed by atoms with E-state index in [2.05, 4.69) is 18.7 Å². The van der Waals surface area contributed by atoms with Crippen molar-refractivity contribution in [3.63, 3.8) is 0 Å². The van der Waals surface area contributed by atoms with Crippen LogP contribution in [-0.4, -0.2) is 24.0 Å². The molecule has 0 atom stereocenters. The minimum atomic E-state index is -0.400. The highest BCUT2D eigenvalue weighted by Crippen LogP contribution is 2.29. The minimum absolute atomic E-state index is 0.129. The highest BCUT2D eigenvalue weighted by molar-refractivity contribution is 5.35. The van der Waals surface area contributed by atoms with Crippen molar-refractivity contribution in [3.8, 4) is 6.07 Å². The smallest absolute Gasteiger partial charge is 0.141 e. The largest absolute Gasteiger partial charge is 0.300 e. The molecule has 2 nitrogen and oxygen atoms in total. The summed E-state index contributed by atoms with van der Waals surface area (Å²) in [6, 6.07) is 7.33. The highest BCUT2D eigenvalue weighted by atomic mass is 19.1. The van der Waals surface area contributed by atoms with Gasteiger partial charge in [-0.1, -0.05) is 6.07 Å². The Morgan fingerprint density at radius 3 is 2.62 bits per heavy atom. The summed E-state index contributed by atoms with van der Waals surface area (Å²) in [6.07, 6.45) is 0. The van der Waals surface area contributed by atoms with Crippen molar-refractivity contribution in [1.29, 1.82) is 5.26 Å². The molecule has 1 saturated heterocycles. The van der Waals surface area contributed by atoms with Gasteiger partial charge in [0.05, 0.1) is 5.56 Å². The molecule has 0 spiro atoms. The summed E-state index contributed by atoms with van der Waals surface area (Å²) in [4.78, 5) is 2.35. The molecule has 1 aromatic rings. The third kappa shape index (κ3) is 1.94. The van der Waals surface area contributed by atoms with E-state index in [0.717, 1.165) is 18.7 Å². The molecule has 0 aliphatic carbocycles. The maximum atomic E-state index is 13.4. The van der Waals surface area contributed by atoms with Crippen LogP contribution in [0, 0.1) is 17.1 Å². The van der Waals surface area contributed by atoms with Gasteiger partial charge in [0.1, 0.15) is 11.9 Å². The average Bonchev–Trinajstić information content (AvgIpc) is 2.15. The molecule has 3 heteroatoms. The Hall–Kier alpha value is -1.40. The van der Waals surface area contributed by atoms with Gasteiger partial charge >= 0.3 is 0 Å². The molecule has 1 fully saturated rings. The molecule has 0 bridgehead atoms. The Kier molecular flexibility index (Phi) is 2.93. The summed E-state index contributed by atoms with van der Waals surface area (Å²) in [7, 11) is 0. The van der Waals surface area contributed by atoms with E-state index in [9.17, 15) is 4.39 Å². The third-order valence-corrected chi connectivity index (χ3v) is 3.23. The molecule has 1 aliphatic heterocycles. The monoisotopic (exact) mass is 218 g/mol. The molecule has 0 radical (unpaired) electrons. The number of halogens is 1. The average molecular weight is 218 g/mol. The summed E-state index contributed by atoms with van der Waals surface area (Å²) in [5.74, 6) is 0.0210. The third-order valence-electron chi connectivity index (χ3n) is 3.23. The molecule has 0 saturated carbocycles. The van der Waals surface area contributed by atoms with Gasteiger partial charge < -0.3 is 0 Å². The number of nitriles is 1. The summed E-state index contributed by atoms with van der Waals surface area (Å²) >= 11 is 0. The lowest BCUT2D eigenvalue weighted by atomic mass is 9.90. The van der Waals surface area contributed by atoms with Crippen molar-refractivity contribution in [1.82, 2.24) is 4.90 Å². The minimum Gasteiger partial charge on any atom is -0.300 e. The van der Waals surface area contributed by atoms with E-state index < -0.39 is 5.82 Å². The lowest BCUT2D eigenvalue weighted by molar-refractivity contribution is 0.110. The first kappa shape index (κ1) is 11.1. The van der Waals surface area contributed by atoms with Crippen LogP contribution < -0.4 is 0 Å². The zero-order valence-electron chi connectivity index (χ0n) is 9.57. The number of benzene rings is 1. The Bertz CT molecular complexity index is 428. The Balaban J connectivity index is 2.08. The number of rotatable bonds is 2. The fourth-order valence-corrected chi connectivity index (χ4v) is 2.02. The van der Waals surface area contributed by atoms with E-state index in [1.165, 1.54) is 6.07 Å². The standard InChI is InChI=1S/C13H15FN2/c1-9(2)16-7-12(8-16)10-3-4-11(6-15)13(14)5-10/h3-5,9,12H,7-8H2,1-2H3. The van der Waals surface area contributed by atoms with Crippen LogP contribution in [0.1, 0.15) is 30.9 Å². The lowest BCUT2D eigenvalue weighted by Crippen LogP contribution is -2.48. The first-order valence-electron chi connectivity index (χ1n) is 5.55. The normalized spacial score (nSPS) is 17.2. The van der Waals surface area contributed by atoms with Crippen molar-refractivity contribution >= 4 is 0 Å². The van der Waals surface area contributed by atoms with Crippen molar-refractivity contribution in [2.45, 2.75) is 25.8 Å². The van der Waals surface area contributed by atoms with Crippen molar-refractivity contribution < 1.29 is 4.39 Å². The van der Waals surface area contributed by atoms with Gasteiger partial charge in [0.2, 0.25) is 0 Å². The van der Waals surface area contributed by atoms with Crippen LogP contribution in [0.5, 0.6) is 0 Å². The first-order valence-corrected chi connectivity index (χ1v) is 5.55. The van der Waals surface area contributed by atoms with E-state index in [1.54, 1.807) is 6.07 Å². The van der Waals surface area contributed by atoms with Gasteiger partial charge in [-0.2, -0.15) is 5.26 Å². The van der Waals surface area contributed by atoms with Gasteiger partial charge in [-0.15, -0.1) is 0 Å². The van der Waals surface area contributed by atoms with E-state index in [0.29, 0.717) is 12.0 Å². The molecule has 0 unspecified atom stereocenters. The van der Waals surface area contributed by atoms with E-state index in [-0.39, 0.29) is 5.56 Å². The number of hydrogen-bond donors (Lipinski definition) is 0.